The minimum Gasteiger partial charge on any atom is -0.493 e. The lowest BCUT2D eigenvalue weighted by Gasteiger charge is -2.21. The molecule has 2 N–H and O–H groups in total. The predicted molar refractivity (Wildman–Crippen MR) is 104 cm³/mol. The van der Waals surface area contributed by atoms with Crippen molar-refractivity contribution in [1.29, 1.82) is 0 Å². The van der Waals surface area contributed by atoms with Gasteiger partial charge in [-0.25, -0.2) is 4.39 Å². The second-order valence-electron chi connectivity index (χ2n) is 6.65. The first-order valence-corrected chi connectivity index (χ1v) is 9.02. The molecule has 0 unspecified atom stereocenters. The van der Waals surface area contributed by atoms with Gasteiger partial charge in [-0.3, -0.25) is 4.79 Å². The van der Waals surface area contributed by atoms with Crippen molar-refractivity contribution in [2.24, 2.45) is 5.18 Å². The lowest BCUT2D eigenvalue weighted by Crippen LogP contribution is -2.15. The van der Waals surface area contributed by atoms with Crippen LogP contribution in [0.3, 0.4) is 0 Å². The van der Waals surface area contributed by atoms with Gasteiger partial charge in [-0.15, -0.1) is 4.91 Å². The monoisotopic (exact) mass is 399 g/mol. The summed E-state index contributed by atoms with van der Waals surface area (Å²) in [5.41, 5.74) is 1.90. The second kappa shape index (κ2) is 7.51. The number of amides is 1. The van der Waals surface area contributed by atoms with Gasteiger partial charge in [0.25, 0.3) is 0 Å². The molecule has 2 aromatic carbocycles. The van der Waals surface area contributed by atoms with Gasteiger partial charge in [0.15, 0.2) is 12.5 Å². The van der Waals surface area contributed by atoms with Gasteiger partial charge in [0, 0.05) is 28.6 Å². The number of benzene rings is 2. The second-order valence-corrected chi connectivity index (χ2v) is 6.65. The molecule has 1 amide bonds. The minimum atomic E-state index is -0.464. The van der Waals surface area contributed by atoms with Crippen molar-refractivity contribution in [3.8, 4) is 11.6 Å². The molecule has 4 rings (SSSR count). The Hall–Kier alpha value is -3.46. The molecule has 1 aliphatic heterocycles. The highest BCUT2D eigenvalue weighted by molar-refractivity contribution is 5.99. The molecule has 0 aliphatic carbocycles. The van der Waals surface area contributed by atoms with E-state index in [1.54, 1.807) is 25.1 Å². The number of hydrogen-bond donors (Lipinski definition) is 2. The number of nitroso groups, excluding NO2 is 1. The maximum atomic E-state index is 14.1. The van der Waals surface area contributed by atoms with E-state index in [9.17, 15) is 19.2 Å². The molecule has 0 saturated carbocycles. The molecule has 1 aliphatic rings. The number of fused-ring (bicyclic) bond motifs is 2. The van der Waals surface area contributed by atoms with E-state index in [4.69, 9.17) is 9.47 Å². The number of carbonyl (C=O) groups is 1. The molecule has 1 aromatic heterocycles. The summed E-state index contributed by atoms with van der Waals surface area (Å²) in [5, 5.41) is 16.7. The van der Waals surface area contributed by atoms with Gasteiger partial charge < -0.3 is 24.5 Å². The molecular formula is C20H18FN3O5. The molecule has 9 heteroatoms. The Bertz CT molecular complexity index is 1130. The van der Waals surface area contributed by atoms with Crippen molar-refractivity contribution in [2.45, 2.75) is 26.5 Å². The number of nitrogens with one attached hydrogen (secondary N) is 1. The summed E-state index contributed by atoms with van der Waals surface area (Å²) >= 11 is 0. The highest BCUT2D eigenvalue weighted by Gasteiger charge is 2.22. The van der Waals surface area contributed by atoms with E-state index in [1.807, 2.05) is 0 Å². The maximum absolute atomic E-state index is 14.1. The molecule has 0 atom stereocenters. The molecule has 0 fully saturated rings. The van der Waals surface area contributed by atoms with Crippen molar-refractivity contribution >= 4 is 28.2 Å². The van der Waals surface area contributed by atoms with Crippen molar-refractivity contribution in [3.05, 3.63) is 52.2 Å². The van der Waals surface area contributed by atoms with Gasteiger partial charge in [0.2, 0.25) is 11.8 Å². The van der Waals surface area contributed by atoms with Crippen LogP contribution in [0.4, 0.5) is 15.8 Å². The summed E-state index contributed by atoms with van der Waals surface area (Å²) in [6.45, 7) is 2.02. The molecular weight excluding hydrogens is 381 g/mol. The summed E-state index contributed by atoms with van der Waals surface area (Å²) in [6, 6.07) is 7.50. The Morgan fingerprint density at radius 1 is 1.34 bits per heavy atom. The van der Waals surface area contributed by atoms with Crippen LogP contribution in [0.15, 0.2) is 35.5 Å². The van der Waals surface area contributed by atoms with Crippen LogP contribution < -0.4 is 10.1 Å². The first-order chi connectivity index (χ1) is 14.0. The van der Waals surface area contributed by atoms with Crippen molar-refractivity contribution in [3.63, 3.8) is 0 Å². The minimum absolute atomic E-state index is 0.0309. The van der Waals surface area contributed by atoms with E-state index < -0.39 is 5.82 Å². The fourth-order valence-corrected chi connectivity index (χ4v) is 3.44. The van der Waals surface area contributed by atoms with Gasteiger partial charge in [-0.1, -0.05) is 6.92 Å². The van der Waals surface area contributed by atoms with Gasteiger partial charge in [-0.05, 0) is 35.5 Å². The molecule has 29 heavy (non-hydrogen) atoms. The number of aromatic nitrogens is 1. The number of ether oxygens (including phenoxy) is 2. The van der Waals surface area contributed by atoms with Gasteiger partial charge in [-0.2, -0.15) is 0 Å². The van der Waals surface area contributed by atoms with Crippen molar-refractivity contribution < 1.29 is 23.8 Å². The fraction of sp³-hybridized carbons (Fsp3) is 0.250. The van der Waals surface area contributed by atoms with E-state index >= 15 is 0 Å². The third kappa shape index (κ3) is 3.40. The highest BCUT2D eigenvalue weighted by atomic mass is 19.1. The maximum Gasteiger partial charge on any atom is 0.224 e. The highest BCUT2D eigenvalue weighted by Crippen LogP contribution is 2.41. The van der Waals surface area contributed by atoms with Gasteiger partial charge in [0.1, 0.15) is 11.6 Å². The Labute approximate surface area is 164 Å². The number of carbonyl (C=O) groups excluding carboxylic acids is 1. The third-order valence-electron chi connectivity index (χ3n) is 4.79. The Balaban J connectivity index is 1.84. The van der Waals surface area contributed by atoms with Crippen LogP contribution in [-0.2, 0) is 22.7 Å². The third-order valence-corrected chi connectivity index (χ3v) is 4.79. The average molecular weight is 399 g/mol. The fourth-order valence-electron chi connectivity index (χ4n) is 3.44. The molecule has 0 spiro atoms. The van der Waals surface area contributed by atoms with Crippen LogP contribution in [0, 0.1) is 10.7 Å². The largest absolute Gasteiger partial charge is 0.493 e. The standard InChI is InChI=1S/C20H18FN3O5/c1-2-17(25)22-14-3-4-15-16(7-14)24(20(26)18(15)23-27)8-11-5-13(21)6-12-9-28-10-29-19(11)12/h3-7,26H,2,8-10H2,1H3,(H,22,25). The van der Waals surface area contributed by atoms with Crippen LogP contribution >= 0.6 is 0 Å². The van der Waals surface area contributed by atoms with Crippen LogP contribution in [-0.4, -0.2) is 22.4 Å². The molecule has 0 bridgehead atoms. The molecule has 3 aromatic rings. The normalized spacial score (nSPS) is 13.0. The first kappa shape index (κ1) is 18.9. The van der Waals surface area contributed by atoms with Gasteiger partial charge in [0.05, 0.1) is 18.7 Å². The first-order valence-electron chi connectivity index (χ1n) is 9.02. The average Bonchev–Trinajstić information content (AvgIpc) is 2.98. The molecule has 0 saturated heterocycles. The number of halogens is 1. The lowest BCUT2D eigenvalue weighted by atomic mass is 10.1. The Morgan fingerprint density at radius 3 is 2.93 bits per heavy atom. The molecule has 0 radical (unpaired) electrons. The summed E-state index contributed by atoms with van der Waals surface area (Å²) in [6.07, 6.45) is 0.306. The molecule has 2 heterocycles. The zero-order valence-electron chi connectivity index (χ0n) is 15.6. The number of nitrogens with zero attached hydrogens (tertiary/aromatic N) is 2. The summed E-state index contributed by atoms with van der Waals surface area (Å²) in [4.78, 5) is 23.0. The van der Waals surface area contributed by atoms with Crippen molar-refractivity contribution in [2.75, 3.05) is 12.1 Å². The van der Waals surface area contributed by atoms with Gasteiger partial charge >= 0.3 is 0 Å². The number of rotatable bonds is 5. The summed E-state index contributed by atoms with van der Waals surface area (Å²) < 4.78 is 26.2. The molecule has 150 valence electrons. The van der Waals surface area contributed by atoms with E-state index in [-0.39, 0.29) is 37.4 Å². The Morgan fingerprint density at radius 2 is 2.17 bits per heavy atom. The summed E-state index contributed by atoms with van der Waals surface area (Å²) in [7, 11) is 0. The van der Waals surface area contributed by atoms with E-state index in [2.05, 4.69) is 10.5 Å². The van der Waals surface area contributed by atoms with Crippen molar-refractivity contribution in [1.82, 2.24) is 4.57 Å². The van der Waals surface area contributed by atoms with Crippen LogP contribution in [0.25, 0.3) is 10.9 Å². The van der Waals surface area contributed by atoms with Crippen LogP contribution in [0.1, 0.15) is 24.5 Å². The molecule has 8 nitrogen and oxygen atoms in total. The zero-order valence-corrected chi connectivity index (χ0v) is 15.6. The quantitative estimate of drug-likeness (QED) is 0.628. The van der Waals surface area contributed by atoms with E-state index in [1.165, 1.54) is 16.7 Å². The van der Waals surface area contributed by atoms with E-state index in [0.717, 1.165) is 0 Å². The lowest BCUT2D eigenvalue weighted by molar-refractivity contribution is -0.115. The van der Waals surface area contributed by atoms with Crippen LogP contribution in [0.5, 0.6) is 11.6 Å². The predicted octanol–water partition coefficient (Wildman–Crippen LogP) is 4.15. The number of hydrogen-bond acceptors (Lipinski definition) is 6. The van der Waals surface area contributed by atoms with Crippen LogP contribution in [0.2, 0.25) is 0 Å². The SMILES string of the molecule is CCC(=O)Nc1ccc2c(N=O)c(O)n(Cc3cc(F)cc4c3OCOC4)c2c1. The number of aromatic hydroxyl groups is 1. The Kier molecular flexibility index (Phi) is 4.89. The van der Waals surface area contributed by atoms with E-state index in [0.29, 0.717) is 39.9 Å². The topological polar surface area (TPSA) is 102 Å². The zero-order chi connectivity index (χ0) is 20.5. The number of anilines is 1. The summed E-state index contributed by atoms with van der Waals surface area (Å²) in [5.74, 6) is -0.504. The smallest absolute Gasteiger partial charge is 0.224 e.